The molecule has 1 N–H and O–H groups in total. The molecule has 0 saturated heterocycles. The lowest BCUT2D eigenvalue weighted by molar-refractivity contribution is 0.848. The van der Waals surface area contributed by atoms with Gasteiger partial charge < -0.3 is 4.98 Å². The zero-order chi connectivity index (χ0) is 10.3. The zero-order valence-corrected chi connectivity index (χ0v) is 7.74. The normalized spacial score (nSPS) is 10.7. The van der Waals surface area contributed by atoms with E-state index in [0.29, 0.717) is 11.3 Å². The first-order valence-electron chi connectivity index (χ1n) is 4.02. The molecule has 0 bridgehead atoms. The Labute approximate surface area is 78.3 Å². The van der Waals surface area contributed by atoms with Crippen molar-refractivity contribution in [2.75, 3.05) is 0 Å². The summed E-state index contributed by atoms with van der Waals surface area (Å²) in [6.45, 7) is 1.56. The number of nitrogens with zero attached hydrogens (tertiary/aromatic N) is 3. The summed E-state index contributed by atoms with van der Waals surface area (Å²) in [5, 5.41) is 0. The summed E-state index contributed by atoms with van der Waals surface area (Å²) in [7, 11) is 1.56. The van der Waals surface area contributed by atoms with Crippen molar-refractivity contribution in [1.82, 2.24) is 19.5 Å². The van der Waals surface area contributed by atoms with E-state index in [9.17, 15) is 9.59 Å². The highest BCUT2D eigenvalue weighted by atomic mass is 16.1. The first kappa shape index (κ1) is 8.61. The van der Waals surface area contributed by atoms with Crippen LogP contribution in [0.1, 0.15) is 5.69 Å². The molecule has 2 rings (SSSR count). The molecule has 14 heavy (non-hydrogen) atoms. The molecule has 0 aliphatic heterocycles. The van der Waals surface area contributed by atoms with Crippen molar-refractivity contribution in [1.29, 1.82) is 0 Å². The second kappa shape index (κ2) is 2.76. The number of hydrogen-bond acceptors (Lipinski definition) is 4. The fraction of sp³-hybridized carbons (Fsp3) is 0.250. The van der Waals surface area contributed by atoms with Crippen molar-refractivity contribution in [3.8, 4) is 0 Å². The molecule has 0 amide bonds. The molecule has 6 nitrogen and oxygen atoms in total. The van der Waals surface area contributed by atoms with Gasteiger partial charge in [-0.25, -0.2) is 9.97 Å². The standard InChI is InChI=1S/C8H8N4O2/c1-4-8(14)12(2)6-5(11-4)7(13)10-3-9-6/h3H,1-2H3,(H,9,10,13). The topological polar surface area (TPSA) is 80.6 Å². The van der Waals surface area contributed by atoms with Crippen molar-refractivity contribution >= 4 is 11.2 Å². The molecule has 0 radical (unpaired) electrons. The predicted molar refractivity (Wildman–Crippen MR) is 50.1 cm³/mol. The second-order valence-electron chi connectivity index (χ2n) is 2.97. The minimum absolute atomic E-state index is 0.187. The molecule has 0 aliphatic carbocycles. The lowest BCUT2D eigenvalue weighted by Crippen LogP contribution is -2.25. The van der Waals surface area contributed by atoms with Gasteiger partial charge in [0, 0.05) is 7.05 Å². The molecule has 2 aromatic rings. The maximum Gasteiger partial charge on any atom is 0.278 e. The molecule has 0 aromatic carbocycles. The van der Waals surface area contributed by atoms with E-state index in [2.05, 4.69) is 15.0 Å². The van der Waals surface area contributed by atoms with Crippen LogP contribution in [0.3, 0.4) is 0 Å². The summed E-state index contributed by atoms with van der Waals surface area (Å²) in [4.78, 5) is 33.0. The number of aryl methyl sites for hydroxylation is 2. The summed E-state index contributed by atoms with van der Waals surface area (Å²) in [5.74, 6) is 0. The Morgan fingerprint density at radius 2 is 2.14 bits per heavy atom. The maximum absolute atomic E-state index is 11.4. The van der Waals surface area contributed by atoms with Gasteiger partial charge in [-0.05, 0) is 6.92 Å². The Hall–Kier alpha value is -1.98. The van der Waals surface area contributed by atoms with Gasteiger partial charge in [0.15, 0.2) is 11.2 Å². The maximum atomic E-state index is 11.4. The third-order valence-corrected chi connectivity index (χ3v) is 2.02. The zero-order valence-electron chi connectivity index (χ0n) is 7.74. The van der Waals surface area contributed by atoms with Gasteiger partial charge in [0.2, 0.25) is 0 Å². The van der Waals surface area contributed by atoms with E-state index in [0.717, 1.165) is 0 Å². The van der Waals surface area contributed by atoms with E-state index in [-0.39, 0.29) is 16.6 Å². The van der Waals surface area contributed by atoms with Gasteiger partial charge in [-0.15, -0.1) is 0 Å². The van der Waals surface area contributed by atoms with Gasteiger partial charge in [-0.3, -0.25) is 14.2 Å². The first-order valence-corrected chi connectivity index (χ1v) is 4.02. The van der Waals surface area contributed by atoms with Crippen LogP contribution in [0.5, 0.6) is 0 Å². The lowest BCUT2D eigenvalue weighted by Gasteiger charge is -2.02. The molecular formula is C8H8N4O2. The smallest absolute Gasteiger partial charge is 0.278 e. The number of rotatable bonds is 0. The Morgan fingerprint density at radius 3 is 2.86 bits per heavy atom. The van der Waals surface area contributed by atoms with Crippen molar-refractivity contribution < 1.29 is 0 Å². The van der Waals surface area contributed by atoms with Gasteiger partial charge >= 0.3 is 0 Å². The second-order valence-corrected chi connectivity index (χ2v) is 2.97. The molecule has 0 saturated carbocycles. The minimum Gasteiger partial charge on any atom is -0.311 e. The van der Waals surface area contributed by atoms with Crippen molar-refractivity contribution in [2.24, 2.45) is 7.05 Å². The Morgan fingerprint density at radius 1 is 1.43 bits per heavy atom. The van der Waals surface area contributed by atoms with Crippen LogP contribution in [-0.2, 0) is 7.05 Å². The number of H-pyrrole nitrogens is 1. The van der Waals surface area contributed by atoms with E-state index in [1.807, 2.05) is 0 Å². The highest BCUT2D eigenvalue weighted by Crippen LogP contribution is 1.98. The van der Waals surface area contributed by atoms with Crippen LogP contribution in [0.25, 0.3) is 11.2 Å². The van der Waals surface area contributed by atoms with Gasteiger partial charge in [0.1, 0.15) is 5.69 Å². The molecule has 0 atom stereocenters. The number of aromatic nitrogens is 4. The predicted octanol–water partition coefficient (Wildman–Crippen LogP) is -0.675. The van der Waals surface area contributed by atoms with Crippen LogP contribution >= 0.6 is 0 Å². The average molecular weight is 192 g/mol. The van der Waals surface area contributed by atoms with E-state index in [1.54, 1.807) is 14.0 Å². The Kier molecular flexibility index (Phi) is 1.70. The summed E-state index contributed by atoms with van der Waals surface area (Å²) >= 11 is 0. The number of fused-ring (bicyclic) bond motifs is 1. The SMILES string of the molecule is Cc1nc2c(=O)[nH]cnc2n(C)c1=O. The molecule has 2 aromatic heterocycles. The van der Waals surface area contributed by atoms with Crippen LogP contribution in [0.15, 0.2) is 15.9 Å². The lowest BCUT2D eigenvalue weighted by atomic mass is 10.4. The van der Waals surface area contributed by atoms with E-state index in [1.165, 1.54) is 10.9 Å². The first-order chi connectivity index (χ1) is 6.61. The summed E-state index contributed by atoms with van der Waals surface area (Å²) < 4.78 is 1.31. The van der Waals surface area contributed by atoms with Crippen molar-refractivity contribution in [3.05, 3.63) is 32.7 Å². The van der Waals surface area contributed by atoms with E-state index >= 15 is 0 Å². The summed E-state index contributed by atoms with van der Waals surface area (Å²) in [5.41, 5.74) is 0.194. The van der Waals surface area contributed by atoms with Gasteiger partial charge in [-0.2, -0.15) is 0 Å². The molecule has 2 heterocycles. The monoisotopic (exact) mass is 192 g/mol. The molecular weight excluding hydrogens is 184 g/mol. The van der Waals surface area contributed by atoms with Gasteiger partial charge in [-0.1, -0.05) is 0 Å². The Balaban J connectivity index is 3.14. The van der Waals surface area contributed by atoms with Gasteiger partial charge in [0.25, 0.3) is 11.1 Å². The largest absolute Gasteiger partial charge is 0.311 e. The number of hydrogen-bond donors (Lipinski definition) is 1. The fourth-order valence-electron chi connectivity index (χ4n) is 1.28. The molecule has 72 valence electrons. The summed E-state index contributed by atoms with van der Waals surface area (Å²) in [6.07, 6.45) is 1.25. The molecule has 0 aliphatic rings. The van der Waals surface area contributed by atoms with Gasteiger partial charge in [0.05, 0.1) is 6.33 Å². The molecule has 0 spiro atoms. The number of nitrogens with one attached hydrogen (secondary N) is 1. The third-order valence-electron chi connectivity index (χ3n) is 2.02. The van der Waals surface area contributed by atoms with Crippen LogP contribution in [0.4, 0.5) is 0 Å². The Bertz CT molecular complexity index is 611. The van der Waals surface area contributed by atoms with E-state index < -0.39 is 0 Å². The van der Waals surface area contributed by atoms with Crippen LogP contribution in [-0.4, -0.2) is 19.5 Å². The van der Waals surface area contributed by atoms with Crippen LogP contribution in [0, 0.1) is 6.92 Å². The van der Waals surface area contributed by atoms with E-state index in [4.69, 9.17) is 0 Å². The quantitative estimate of drug-likeness (QED) is 0.600. The van der Waals surface area contributed by atoms with Crippen LogP contribution in [0.2, 0.25) is 0 Å². The van der Waals surface area contributed by atoms with Crippen LogP contribution < -0.4 is 11.1 Å². The molecule has 0 fully saturated rings. The minimum atomic E-state index is -0.339. The molecule has 0 unspecified atom stereocenters. The van der Waals surface area contributed by atoms with Crippen molar-refractivity contribution in [2.45, 2.75) is 6.92 Å². The summed E-state index contributed by atoms with van der Waals surface area (Å²) in [6, 6.07) is 0. The highest BCUT2D eigenvalue weighted by Gasteiger charge is 2.07. The molecule has 6 heteroatoms. The van der Waals surface area contributed by atoms with Crippen molar-refractivity contribution in [3.63, 3.8) is 0 Å². The third kappa shape index (κ3) is 1.04. The highest BCUT2D eigenvalue weighted by molar-refractivity contribution is 5.68. The number of aromatic amines is 1. The fourth-order valence-corrected chi connectivity index (χ4v) is 1.28. The average Bonchev–Trinajstić information content (AvgIpc) is 2.17.